The lowest BCUT2D eigenvalue weighted by Gasteiger charge is -2.65. The van der Waals surface area contributed by atoms with Crippen LogP contribution in [0.4, 0.5) is 0 Å². The molecule has 1 saturated carbocycles. The summed E-state index contributed by atoms with van der Waals surface area (Å²) in [7, 11) is 0. The fourth-order valence-electron chi connectivity index (χ4n) is 3.86. The van der Waals surface area contributed by atoms with E-state index in [2.05, 4.69) is 10.3 Å². The molecule has 1 saturated heterocycles. The highest BCUT2D eigenvalue weighted by Crippen LogP contribution is 2.57. The number of rotatable bonds is 3. The van der Waals surface area contributed by atoms with Gasteiger partial charge in [-0.1, -0.05) is 13.8 Å². The summed E-state index contributed by atoms with van der Waals surface area (Å²) in [6.45, 7) is 6.79. The van der Waals surface area contributed by atoms with Crippen LogP contribution < -0.4 is 11.1 Å². The predicted octanol–water partition coefficient (Wildman–Crippen LogP) is 1.85. The van der Waals surface area contributed by atoms with E-state index in [9.17, 15) is 4.79 Å². The van der Waals surface area contributed by atoms with Crippen LogP contribution in [0.5, 0.6) is 0 Å². The Morgan fingerprint density at radius 2 is 2.38 bits per heavy atom. The van der Waals surface area contributed by atoms with Crippen LogP contribution in [0.1, 0.15) is 44.7 Å². The molecule has 3 N–H and O–H groups in total. The normalized spacial score (nSPS) is 35.4. The minimum absolute atomic E-state index is 0.0815. The number of carbonyl (C=O) groups is 1. The third kappa shape index (κ3) is 2.04. The van der Waals surface area contributed by atoms with Gasteiger partial charge in [-0.05, 0) is 19.8 Å². The van der Waals surface area contributed by atoms with E-state index >= 15 is 0 Å². The number of carbonyl (C=O) groups excluding carboxylic acids is 1. The lowest BCUT2D eigenvalue weighted by atomic mass is 9.46. The van der Waals surface area contributed by atoms with Crippen molar-refractivity contribution >= 4 is 17.2 Å². The van der Waals surface area contributed by atoms with Crippen molar-refractivity contribution in [3.05, 3.63) is 16.6 Å². The molecule has 0 bridgehead atoms. The molecule has 1 amide bonds. The third-order valence-corrected chi connectivity index (χ3v) is 6.19. The van der Waals surface area contributed by atoms with Crippen LogP contribution in [0, 0.1) is 11.3 Å². The summed E-state index contributed by atoms with van der Waals surface area (Å²) in [5.41, 5.74) is 5.37. The molecule has 2 heterocycles. The summed E-state index contributed by atoms with van der Waals surface area (Å²) >= 11 is 1.54. The standard InChI is InChI=1S/C15H23N3O2S/c1-9(12-17-6-8-21-12)18-13(19)15(16)10-5-4-7-20-11(10)14(15,2)3/h6,8-11H,4-5,7,16H2,1-3H3,(H,18,19). The van der Waals surface area contributed by atoms with Crippen LogP contribution in [0.2, 0.25) is 0 Å². The van der Waals surface area contributed by atoms with Crippen LogP contribution in [-0.2, 0) is 9.53 Å². The zero-order valence-corrected chi connectivity index (χ0v) is 13.6. The Hall–Kier alpha value is -0.980. The van der Waals surface area contributed by atoms with E-state index < -0.39 is 5.54 Å². The van der Waals surface area contributed by atoms with E-state index in [1.165, 1.54) is 0 Å². The number of nitrogens with zero attached hydrogens (tertiary/aromatic N) is 1. The molecule has 4 atom stereocenters. The van der Waals surface area contributed by atoms with Gasteiger partial charge in [0.15, 0.2) is 0 Å². The van der Waals surface area contributed by atoms with Gasteiger partial charge in [0.1, 0.15) is 10.5 Å². The van der Waals surface area contributed by atoms with Crippen molar-refractivity contribution < 1.29 is 9.53 Å². The number of hydrogen-bond donors (Lipinski definition) is 2. The minimum Gasteiger partial charge on any atom is -0.377 e. The number of aromatic nitrogens is 1. The maximum Gasteiger partial charge on any atom is 0.241 e. The molecular weight excluding hydrogens is 286 g/mol. The maximum absolute atomic E-state index is 12.8. The van der Waals surface area contributed by atoms with Gasteiger partial charge < -0.3 is 15.8 Å². The molecular formula is C15H23N3O2S. The van der Waals surface area contributed by atoms with Crippen LogP contribution >= 0.6 is 11.3 Å². The van der Waals surface area contributed by atoms with Crippen molar-refractivity contribution in [2.24, 2.45) is 17.1 Å². The highest BCUT2D eigenvalue weighted by Gasteiger charge is 2.70. The summed E-state index contributed by atoms with van der Waals surface area (Å²) in [4.78, 5) is 17.1. The molecule has 116 valence electrons. The second-order valence-corrected chi connectivity index (χ2v) is 7.62. The van der Waals surface area contributed by atoms with Gasteiger partial charge in [0, 0.05) is 29.5 Å². The van der Waals surface area contributed by atoms with Crippen LogP contribution in [0.3, 0.4) is 0 Å². The molecule has 0 spiro atoms. The van der Waals surface area contributed by atoms with Crippen molar-refractivity contribution in [3.8, 4) is 0 Å². The van der Waals surface area contributed by atoms with Gasteiger partial charge in [0.05, 0.1) is 12.1 Å². The number of nitrogens with one attached hydrogen (secondary N) is 1. The van der Waals surface area contributed by atoms with Crippen LogP contribution in [0.25, 0.3) is 0 Å². The molecule has 2 fully saturated rings. The lowest BCUT2D eigenvalue weighted by molar-refractivity contribution is -0.225. The van der Waals surface area contributed by atoms with Crippen molar-refractivity contribution in [1.82, 2.24) is 10.3 Å². The molecule has 1 aromatic rings. The van der Waals surface area contributed by atoms with E-state index in [0.717, 1.165) is 24.5 Å². The van der Waals surface area contributed by atoms with Gasteiger partial charge in [-0.2, -0.15) is 0 Å². The number of amides is 1. The van der Waals surface area contributed by atoms with Gasteiger partial charge in [-0.3, -0.25) is 4.79 Å². The number of hydrogen-bond acceptors (Lipinski definition) is 5. The highest BCUT2D eigenvalue weighted by atomic mass is 32.1. The largest absolute Gasteiger partial charge is 0.377 e. The third-order valence-electron chi connectivity index (χ3n) is 5.23. The number of ether oxygens (including phenoxy) is 1. The minimum atomic E-state index is -0.858. The van der Waals surface area contributed by atoms with Crippen LogP contribution in [0.15, 0.2) is 11.6 Å². The molecule has 21 heavy (non-hydrogen) atoms. The number of fused-ring (bicyclic) bond motifs is 1. The molecule has 1 aliphatic heterocycles. The summed E-state index contributed by atoms with van der Waals surface area (Å²) < 4.78 is 5.84. The molecule has 1 aromatic heterocycles. The second-order valence-electron chi connectivity index (χ2n) is 6.70. The Labute approximate surface area is 129 Å². The first-order valence-electron chi connectivity index (χ1n) is 7.50. The van der Waals surface area contributed by atoms with Crippen LogP contribution in [-0.4, -0.2) is 29.1 Å². The second kappa shape index (κ2) is 5.04. The number of thiazole rings is 1. The Balaban J connectivity index is 1.77. The number of nitrogens with two attached hydrogens (primary N) is 1. The van der Waals surface area contributed by atoms with E-state index in [0.29, 0.717) is 0 Å². The Kier molecular flexibility index (Phi) is 3.58. The first kappa shape index (κ1) is 14.9. The van der Waals surface area contributed by atoms with E-state index in [-0.39, 0.29) is 29.4 Å². The average molecular weight is 309 g/mol. The first-order chi connectivity index (χ1) is 9.89. The monoisotopic (exact) mass is 309 g/mol. The summed E-state index contributed by atoms with van der Waals surface area (Å²) in [5.74, 6) is 0.0340. The smallest absolute Gasteiger partial charge is 0.241 e. The molecule has 5 nitrogen and oxygen atoms in total. The SMILES string of the molecule is CC(NC(=O)C1(N)C2CCCOC2C1(C)C)c1nccs1. The first-order valence-corrected chi connectivity index (χ1v) is 8.38. The van der Waals surface area contributed by atoms with Crippen molar-refractivity contribution in [2.45, 2.75) is 51.3 Å². The molecule has 0 radical (unpaired) electrons. The topological polar surface area (TPSA) is 77.2 Å². The highest BCUT2D eigenvalue weighted by molar-refractivity contribution is 7.09. The fourth-order valence-corrected chi connectivity index (χ4v) is 4.51. The summed E-state index contributed by atoms with van der Waals surface area (Å²) in [5, 5.41) is 5.86. The lowest BCUT2D eigenvalue weighted by Crippen LogP contribution is -2.82. The predicted molar refractivity (Wildman–Crippen MR) is 81.8 cm³/mol. The quantitative estimate of drug-likeness (QED) is 0.893. The molecule has 4 unspecified atom stereocenters. The molecule has 6 heteroatoms. The molecule has 1 aliphatic carbocycles. The zero-order chi connectivity index (χ0) is 15.3. The maximum atomic E-state index is 12.8. The van der Waals surface area contributed by atoms with Gasteiger partial charge in [-0.25, -0.2) is 4.98 Å². The van der Waals surface area contributed by atoms with E-state index in [1.54, 1.807) is 17.5 Å². The van der Waals surface area contributed by atoms with Gasteiger partial charge >= 0.3 is 0 Å². The Morgan fingerprint density at radius 1 is 1.62 bits per heavy atom. The van der Waals surface area contributed by atoms with Gasteiger partial charge in [-0.15, -0.1) is 11.3 Å². The average Bonchev–Trinajstić information content (AvgIpc) is 3.00. The fraction of sp³-hybridized carbons (Fsp3) is 0.733. The van der Waals surface area contributed by atoms with Gasteiger partial charge in [0.25, 0.3) is 0 Å². The molecule has 2 aliphatic rings. The zero-order valence-electron chi connectivity index (χ0n) is 12.8. The summed E-state index contributed by atoms with van der Waals surface area (Å²) in [6, 6.07) is -0.114. The summed E-state index contributed by atoms with van der Waals surface area (Å²) in [6.07, 6.45) is 3.78. The Morgan fingerprint density at radius 3 is 3.05 bits per heavy atom. The molecule has 3 rings (SSSR count). The molecule has 0 aromatic carbocycles. The van der Waals surface area contributed by atoms with Gasteiger partial charge in [0.2, 0.25) is 5.91 Å². The van der Waals surface area contributed by atoms with Crippen molar-refractivity contribution in [1.29, 1.82) is 0 Å². The Bertz CT molecular complexity index is 531. The van der Waals surface area contributed by atoms with Crippen molar-refractivity contribution in [3.63, 3.8) is 0 Å². The van der Waals surface area contributed by atoms with Crippen molar-refractivity contribution in [2.75, 3.05) is 6.61 Å². The van der Waals surface area contributed by atoms with E-state index in [1.807, 2.05) is 26.2 Å². The van der Waals surface area contributed by atoms with E-state index in [4.69, 9.17) is 10.5 Å².